The van der Waals surface area contributed by atoms with Gasteiger partial charge in [-0.1, -0.05) is 48.5 Å². The predicted molar refractivity (Wildman–Crippen MR) is 219 cm³/mol. The van der Waals surface area contributed by atoms with Crippen LogP contribution in [-0.2, 0) is 14.3 Å². The van der Waals surface area contributed by atoms with Gasteiger partial charge in [0.15, 0.2) is 0 Å². The molecule has 3 aliphatic carbocycles. The van der Waals surface area contributed by atoms with Gasteiger partial charge >= 0.3 is 12.2 Å². The maximum Gasteiger partial charge on any atom is 0.410 e. The molecule has 4 heterocycles. The average Bonchev–Trinajstić information content (AvgIpc) is 3.77. The van der Waals surface area contributed by atoms with Crippen molar-refractivity contribution in [2.75, 3.05) is 13.7 Å². The van der Waals surface area contributed by atoms with Crippen molar-refractivity contribution in [3.05, 3.63) is 84.7 Å². The summed E-state index contributed by atoms with van der Waals surface area (Å²) >= 11 is 0. The first-order valence-electron chi connectivity index (χ1n) is 20.9. The minimum Gasteiger partial charge on any atom is -0.453 e. The highest BCUT2D eigenvalue weighted by Gasteiger charge is 2.55. The third-order valence-electron chi connectivity index (χ3n) is 13.2. The summed E-state index contributed by atoms with van der Waals surface area (Å²) < 4.78 is 10.6. The van der Waals surface area contributed by atoms with E-state index in [0.717, 1.165) is 114 Å². The molecule has 2 aliphatic heterocycles. The molecule has 1 spiro atoms. The van der Waals surface area contributed by atoms with E-state index >= 15 is 0 Å². The highest BCUT2D eigenvalue weighted by atomic mass is 16.6. The number of imidazole rings is 2. The number of benzene rings is 3. The molecule has 2 aromatic heterocycles. The number of hydrogen-bond donors (Lipinski definition) is 3. The Morgan fingerprint density at radius 3 is 2.16 bits per heavy atom. The van der Waals surface area contributed by atoms with Crippen LogP contribution in [0, 0.1) is 17.3 Å². The fourth-order valence-corrected chi connectivity index (χ4v) is 9.89. The quantitative estimate of drug-likeness (QED) is 0.143. The number of rotatable bonds is 8. The van der Waals surface area contributed by atoms with Crippen LogP contribution < -0.4 is 5.32 Å². The number of piperidine rings is 1. The lowest BCUT2D eigenvalue weighted by Crippen LogP contribution is -2.52. The maximum absolute atomic E-state index is 14.0. The summed E-state index contributed by atoms with van der Waals surface area (Å²) in [5.41, 5.74) is 5.80. The highest BCUT2D eigenvalue weighted by molar-refractivity contribution is 5.91. The van der Waals surface area contributed by atoms with Crippen LogP contribution in [0.15, 0.2) is 73.1 Å². The van der Waals surface area contributed by atoms with Crippen LogP contribution in [0.4, 0.5) is 9.59 Å². The zero-order valence-electron chi connectivity index (χ0n) is 33.6. The van der Waals surface area contributed by atoms with E-state index in [9.17, 15) is 14.4 Å². The van der Waals surface area contributed by atoms with Gasteiger partial charge in [-0.2, -0.15) is 0 Å². The van der Waals surface area contributed by atoms with Crippen LogP contribution in [0.2, 0.25) is 0 Å². The van der Waals surface area contributed by atoms with E-state index in [2.05, 4.69) is 75.9 Å². The Bertz CT molecular complexity index is 2400. The average molecular weight is 782 g/mol. The SMILES string of the molecule is COC(=O)N[C@H](C(=O)N1[C@@H]2CC[C@@H](C2)[C@H]1c1ncc(-c2ccc3cc(-c4ccc(-c5cnc([C@@H]6CC7(CC7)CN6C(=O)OC(C)(C)C)[nH]5)cc4)ccc3c2)[nH]1)C1CC1. The number of hydrogen-bond acceptors (Lipinski definition) is 7. The van der Waals surface area contributed by atoms with Gasteiger partial charge in [-0.3, -0.25) is 9.69 Å². The number of likely N-dealkylation sites (tertiary alicyclic amines) is 2. The number of methoxy groups -OCH3 is 1. The van der Waals surface area contributed by atoms with Crippen molar-refractivity contribution in [1.29, 1.82) is 0 Å². The molecule has 5 fully saturated rings. The molecule has 3 amide bonds. The van der Waals surface area contributed by atoms with Crippen molar-refractivity contribution < 1.29 is 23.9 Å². The second kappa shape index (κ2) is 13.7. The van der Waals surface area contributed by atoms with E-state index in [1.54, 1.807) is 0 Å². The van der Waals surface area contributed by atoms with Crippen LogP contribution in [0.25, 0.3) is 44.4 Å². The first kappa shape index (κ1) is 36.7. The minimum absolute atomic E-state index is 0.0200. The number of fused-ring (bicyclic) bond motifs is 3. The Balaban J connectivity index is 0.838. The fourth-order valence-electron chi connectivity index (χ4n) is 9.89. The van der Waals surface area contributed by atoms with Gasteiger partial charge in [0.1, 0.15) is 23.3 Å². The molecule has 300 valence electrons. The van der Waals surface area contributed by atoms with Gasteiger partial charge < -0.3 is 29.7 Å². The second-order valence-corrected chi connectivity index (χ2v) is 18.4. The number of aromatic amines is 2. The summed E-state index contributed by atoms with van der Waals surface area (Å²) in [5.74, 6) is 2.10. The molecule has 3 aromatic carbocycles. The lowest BCUT2D eigenvalue weighted by molar-refractivity contribution is -0.138. The maximum atomic E-state index is 14.0. The molecule has 5 aliphatic rings. The van der Waals surface area contributed by atoms with E-state index in [0.29, 0.717) is 5.92 Å². The number of carbonyl (C=O) groups excluding carboxylic acids is 3. The standard InChI is InChI=1S/C46H51N7O5/c1-45(2,3)58-44(56)52-25-46(17-18-46)22-37(52)40-47-23-35(49-40)27-7-5-26(6-8-27)29-11-12-31-20-32(14-13-30(31)19-29)36-24-48-41(50-36)39-33-15-16-34(21-33)53(39)42(54)38(28-9-10-28)51-43(55)57-4/h5-8,11-14,19-20,23-24,28,33-34,37-39H,9-10,15-18,21-22,25H2,1-4H3,(H,47,49)(H,48,50)(H,51,55)/t33-,34+,37-,38-,39-/m0/s1. The first-order valence-corrected chi connectivity index (χ1v) is 20.9. The molecule has 2 bridgehead atoms. The van der Waals surface area contributed by atoms with E-state index in [1.807, 2.05) is 43.0 Å². The summed E-state index contributed by atoms with van der Waals surface area (Å²) in [5, 5.41) is 5.09. The zero-order chi connectivity index (χ0) is 39.9. The van der Waals surface area contributed by atoms with Crippen LogP contribution in [0.5, 0.6) is 0 Å². The summed E-state index contributed by atoms with van der Waals surface area (Å²) in [4.78, 5) is 59.9. The molecule has 5 atom stereocenters. The van der Waals surface area contributed by atoms with Crippen LogP contribution in [0.3, 0.4) is 0 Å². The van der Waals surface area contributed by atoms with E-state index in [4.69, 9.17) is 19.4 Å². The molecule has 58 heavy (non-hydrogen) atoms. The predicted octanol–water partition coefficient (Wildman–Crippen LogP) is 8.94. The van der Waals surface area contributed by atoms with Gasteiger partial charge in [-0.05, 0) is 129 Å². The first-order chi connectivity index (χ1) is 27.9. The van der Waals surface area contributed by atoms with E-state index in [1.165, 1.54) is 7.11 Å². The van der Waals surface area contributed by atoms with Gasteiger partial charge in [0.2, 0.25) is 5.91 Å². The Hall–Kier alpha value is -5.65. The third kappa shape index (κ3) is 6.79. The van der Waals surface area contributed by atoms with E-state index in [-0.39, 0.29) is 41.5 Å². The normalized spacial score (nSPS) is 23.7. The number of H-pyrrole nitrogens is 2. The van der Waals surface area contributed by atoms with Crippen LogP contribution in [-0.4, -0.2) is 79.2 Å². The number of ether oxygens (including phenoxy) is 2. The fraction of sp³-hybridized carbons (Fsp3) is 0.457. The lowest BCUT2D eigenvalue weighted by atomic mass is 9.96. The van der Waals surface area contributed by atoms with Crippen molar-refractivity contribution in [2.24, 2.45) is 17.3 Å². The molecule has 10 rings (SSSR count). The van der Waals surface area contributed by atoms with E-state index < -0.39 is 17.7 Å². The van der Waals surface area contributed by atoms with Crippen molar-refractivity contribution in [3.8, 4) is 33.6 Å². The summed E-state index contributed by atoms with van der Waals surface area (Å²) in [7, 11) is 1.33. The van der Waals surface area contributed by atoms with Gasteiger partial charge in [-0.25, -0.2) is 19.6 Å². The summed E-state index contributed by atoms with van der Waals surface area (Å²) in [6, 6.07) is 20.8. The molecule has 3 saturated carbocycles. The van der Waals surface area contributed by atoms with Gasteiger partial charge in [-0.15, -0.1) is 0 Å². The highest BCUT2D eigenvalue weighted by Crippen LogP contribution is 2.58. The Morgan fingerprint density at radius 2 is 1.47 bits per heavy atom. The van der Waals surface area contributed by atoms with Crippen molar-refractivity contribution in [1.82, 2.24) is 35.1 Å². The van der Waals surface area contributed by atoms with Crippen molar-refractivity contribution >= 4 is 28.9 Å². The molecule has 2 saturated heterocycles. The van der Waals surface area contributed by atoms with Crippen molar-refractivity contribution in [3.63, 3.8) is 0 Å². The Kier molecular flexibility index (Phi) is 8.69. The number of amides is 3. The van der Waals surface area contributed by atoms with Crippen LogP contribution >= 0.6 is 0 Å². The number of alkyl carbamates (subject to hydrolysis) is 1. The molecule has 0 unspecified atom stereocenters. The second-order valence-electron chi connectivity index (χ2n) is 18.4. The van der Waals surface area contributed by atoms with Gasteiger partial charge in [0, 0.05) is 18.2 Å². The number of aromatic nitrogens is 4. The molecule has 3 N–H and O–H groups in total. The summed E-state index contributed by atoms with van der Waals surface area (Å²) in [6.07, 6.45) is 11.0. The number of carbonyl (C=O) groups is 3. The molecule has 12 heteroatoms. The van der Waals surface area contributed by atoms with Gasteiger partial charge in [0.05, 0.1) is 43.0 Å². The van der Waals surface area contributed by atoms with Crippen LogP contribution in [0.1, 0.15) is 95.9 Å². The smallest absolute Gasteiger partial charge is 0.410 e. The minimum atomic E-state index is -0.562. The number of nitrogens with one attached hydrogen (secondary N) is 3. The largest absolute Gasteiger partial charge is 0.453 e. The molecule has 12 nitrogen and oxygen atoms in total. The monoisotopic (exact) mass is 781 g/mol. The third-order valence-corrected chi connectivity index (χ3v) is 13.2. The molecule has 0 radical (unpaired) electrons. The lowest BCUT2D eigenvalue weighted by Gasteiger charge is -2.36. The Labute approximate surface area is 338 Å². The Morgan fingerprint density at radius 1 is 0.828 bits per heavy atom. The number of nitrogens with zero attached hydrogens (tertiary/aromatic N) is 4. The zero-order valence-corrected chi connectivity index (χ0v) is 33.6. The van der Waals surface area contributed by atoms with Crippen molar-refractivity contribution in [2.45, 2.75) is 102 Å². The van der Waals surface area contributed by atoms with Gasteiger partial charge in [0.25, 0.3) is 0 Å². The molecule has 5 aromatic rings. The molecular weight excluding hydrogens is 731 g/mol. The topological polar surface area (TPSA) is 146 Å². The molecular formula is C46H51N7O5. The summed E-state index contributed by atoms with van der Waals surface area (Å²) in [6.45, 7) is 6.44.